The quantitative estimate of drug-likeness (QED) is 0.863. The number of fused-ring (bicyclic) bond motifs is 2. The van der Waals surface area contributed by atoms with Gasteiger partial charge in [-0.15, -0.1) is 0 Å². The third-order valence-corrected chi connectivity index (χ3v) is 6.59. The lowest BCUT2D eigenvalue weighted by molar-refractivity contribution is 0.0354. The number of hydrogen-bond donors (Lipinski definition) is 0. The SMILES string of the molecule is CCc1cc(N2C[C@H](c3ccccc3)[C@H]3[C@@H]2C2CCN3CC2)ncn1. The molecule has 4 aliphatic rings. The topological polar surface area (TPSA) is 32.3 Å². The molecule has 0 spiro atoms. The van der Waals surface area contributed by atoms with E-state index in [1.54, 1.807) is 6.33 Å². The van der Waals surface area contributed by atoms with E-state index < -0.39 is 0 Å². The van der Waals surface area contributed by atoms with Crippen LogP contribution in [-0.2, 0) is 6.42 Å². The molecule has 1 aromatic carbocycles. The first-order valence-electron chi connectivity index (χ1n) is 9.71. The maximum Gasteiger partial charge on any atom is 0.132 e. The highest BCUT2D eigenvalue weighted by molar-refractivity contribution is 5.47. The predicted octanol–water partition coefficient (Wildman–Crippen LogP) is 3.11. The van der Waals surface area contributed by atoms with E-state index >= 15 is 0 Å². The lowest BCUT2D eigenvalue weighted by atomic mass is 9.75. The molecule has 3 atom stereocenters. The van der Waals surface area contributed by atoms with Crippen LogP contribution in [0.3, 0.4) is 0 Å². The Bertz CT molecular complexity index is 739. The summed E-state index contributed by atoms with van der Waals surface area (Å²) in [5.74, 6) is 2.52. The molecule has 4 aliphatic heterocycles. The Balaban J connectivity index is 1.56. The number of benzene rings is 1. The molecule has 130 valence electrons. The van der Waals surface area contributed by atoms with Crippen LogP contribution in [0.5, 0.6) is 0 Å². The molecule has 1 aromatic heterocycles. The third kappa shape index (κ3) is 2.46. The van der Waals surface area contributed by atoms with Crippen molar-refractivity contribution in [3.63, 3.8) is 0 Å². The average Bonchev–Trinajstić information content (AvgIpc) is 3.12. The molecule has 4 saturated heterocycles. The van der Waals surface area contributed by atoms with E-state index in [1.807, 2.05) is 0 Å². The summed E-state index contributed by atoms with van der Waals surface area (Å²) < 4.78 is 0. The molecule has 0 radical (unpaired) electrons. The number of nitrogens with zero attached hydrogens (tertiary/aromatic N) is 4. The molecule has 4 heteroatoms. The van der Waals surface area contributed by atoms with Gasteiger partial charge in [-0.05, 0) is 43.8 Å². The Morgan fingerprint density at radius 2 is 1.84 bits per heavy atom. The molecular weight excluding hydrogens is 308 g/mol. The second kappa shape index (κ2) is 6.10. The maximum atomic E-state index is 4.67. The molecule has 4 nitrogen and oxygen atoms in total. The zero-order valence-electron chi connectivity index (χ0n) is 14.9. The highest BCUT2D eigenvalue weighted by Crippen LogP contribution is 2.47. The Labute approximate surface area is 149 Å². The zero-order chi connectivity index (χ0) is 16.8. The van der Waals surface area contributed by atoms with Crippen LogP contribution in [0, 0.1) is 5.92 Å². The van der Waals surface area contributed by atoms with E-state index in [4.69, 9.17) is 0 Å². The summed E-state index contributed by atoms with van der Waals surface area (Å²) in [6.07, 6.45) is 5.39. The van der Waals surface area contributed by atoms with Crippen molar-refractivity contribution in [2.75, 3.05) is 24.5 Å². The smallest absolute Gasteiger partial charge is 0.132 e. The van der Waals surface area contributed by atoms with Gasteiger partial charge in [0.1, 0.15) is 12.1 Å². The maximum absolute atomic E-state index is 4.67. The van der Waals surface area contributed by atoms with Gasteiger partial charge in [0.25, 0.3) is 0 Å². The van der Waals surface area contributed by atoms with Gasteiger partial charge in [0, 0.05) is 36.3 Å². The molecule has 2 aromatic rings. The van der Waals surface area contributed by atoms with Crippen molar-refractivity contribution in [2.45, 2.75) is 44.2 Å². The highest BCUT2D eigenvalue weighted by atomic mass is 15.3. The largest absolute Gasteiger partial charge is 0.351 e. The van der Waals surface area contributed by atoms with E-state index in [1.165, 1.54) is 31.5 Å². The Morgan fingerprint density at radius 1 is 1.04 bits per heavy atom. The summed E-state index contributed by atoms with van der Waals surface area (Å²) in [5.41, 5.74) is 2.63. The van der Waals surface area contributed by atoms with Crippen LogP contribution in [0.25, 0.3) is 0 Å². The highest BCUT2D eigenvalue weighted by Gasteiger charge is 2.53. The summed E-state index contributed by atoms with van der Waals surface area (Å²) in [4.78, 5) is 14.4. The van der Waals surface area contributed by atoms with Gasteiger partial charge in [-0.2, -0.15) is 0 Å². The van der Waals surface area contributed by atoms with Crippen molar-refractivity contribution < 1.29 is 0 Å². The second-order valence-corrected chi connectivity index (χ2v) is 7.75. The Kier molecular flexibility index (Phi) is 3.74. The number of aromatic nitrogens is 2. The van der Waals surface area contributed by atoms with Crippen LogP contribution in [0.15, 0.2) is 42.7 Å². The van der Waals surface area contributed by atoms with E-state index in [-0.39, 0.29) is 0 Å². The van der Waals surface area contributed by atoms with Gasteiger partial charge >= 0.3 is 0 Å². The third-order valence-electron chi connectivity index (χ3n) is 6.59. The first kappa shape index (κ1) is 15.3. The van der Waals surface area contributed by atoms with Gasteiger partial charge in [-0.3, -0.25) is 4.90 Å². The van der Waals surface area contributed by atoms with Crippen LogP contribution < -0.4 is 4.90 Å². The molecule has 0 aliphatic carbocycles. The van der Waals surface area contributed by atoms with Crippen molar-refractivity contribution in [1.82, 2.24) is 14.9 Å². The van der Waals surface area contributed by atoms with Crippen molar-refractivity contribution in [2.24, 2.45) is 5.92 Å². The van der Waals surface area contributed by atoms with E-state index in [9.17, 15) is 0 Å². The first-order valence-corrected chi connectivity index (χ1v) is 9.71. The number of piperidine rings is 3. The summed E-state index contributed by atoms with van der Waals surface area (Å²) >= 11 is 0. The van der Waals surface area contributed by atoms with Crippen LogP contribution >= 0.6 is 0 Å². The summed E-state index contributed by atoms with van der Waals surface area (Å²) in [5, 5.41) is 0. The second-order valence-electron chi connectivity index (χ2n) is 7.75. The van der Waals surface area contributed by atoms with Crippen molar-refractivity contribution in [3.8, 4) is 0 Å². The standard InChI is InChI=1S/C21H26N4/c1-2-17-12-19(23-14-22-17)25-13-18(15-6-4-3-5-7-15)21-20(25)16-8-10-24(21)11-9-16/h3-7,12,14,16,18,20-21H,2,8-11,13H2,1H3/t18-,20+,21+/m1/s1. The molecule has 6 rings (SSSR count). The number of aryl methyl sites for hydroxylation is 1. The molecule has 4 fully saturated rings. The van der Waals surface area contributed by atoms with Crippen LogP contribution in [0.1, 0.15) is 36.9 Å². The fourth-order valence-electron chi connectivity index (χ4n) is 5.41. The average molecular weight is 334 g/mol. The summed E-state index contributed by atoms with van der Waals surface area (Å²) in [6, 6.07) is 14.6. The van der Waals surface area contributed by atoms with Crippen LogP contribution in [0.2, 0.25) is 0 Å². The number of hydrogen-bond acceptors (Lipinski definition) is 4. The summed E-state index contributed by atoms with van der Waals surface area (Å²) in [7, 11) is 0. The molecule has 0 saturated carbocycles. The monoisotopic (exact) mass is 334 g/mol. The molecule has 2 bridgehead atoms. The summed E-state index contributed by atoms with van der Waals surface area (Å²) in [6.45, 7) is 5.78. The molecule has 0 unspecified atom stereocenters. The molecule has 5 heterocycles. The minimum absolute atomic E-state index is 0.578. The lowest BCUT2D eigenvalue weighted by Gasteiger charge is -2.51. The Morgan fingerprint density at radius 3 is 2.60 bits per heavy atom. The molecule has 25 heavy (non-hydrogen) atoms. The number of anilines is 1. The normalized spacial score (nSPS) is 33.5. The van der Waals surface area contributed by atoms with Gasteiger partial charge in [0.15, 0.2) is 0 Å². The fourth-order valence-corrected chi connectivity index (χ4v) is 5.41. The molecular formula is C21H26N4. The molecule has 0 amide bonds. The minimum Gasteiger partial charge on any atom is -0.351 e. The zero-order valence-corrected chi connectivity index (χ0v) is 14.9. The van der Waals surface area contributed by atoms with Crippen LogP contribution in [-0.4, -0.2) is 46.6 Å². The lowest BCUT2D eigenvalue weighted by Crippen LogP contribution is -2.60. The van der Waals surface area contributed by atoms with E-state index in [2.05, 4.69) is 63.1 Å². The van der Waals surface area contributed by atoms with Gasteiger partial charge in [-0.1, -0.05) is 37.3 Å². The number of rotatable bonds is 3. The fraction of sp³-hybridized carbons (Fsp3) is 0.524. The van der Waals surface area contributed by atoms with Gasteiger partial charge in [0.2, 0.25) is 0 Å². The van der Waals surface area contributed by atoms with E-state index in [0.717, 1.165) is 30.4 Å². The van der Waals surface area contributed by atoms with E-state index in [0.29, 0.717) is 18.0 Å². The predicted molar refractivity (Wildman–Crippen MR) is 99.8 cm³/mol. The van der Waals surface area contributed by atoms with Gasteiger partial charge < -0.3 is 4.90 Å². The van der Waals surface area contributed by atoms with Crippen molar-refractivity contribution >= 4 is 5.82 Å². The van der Waals surface area contributed by atoms with Crippen molar-refractivity contribution in [1.29, 1.82) is 0 Å². The van der Waals surface area contributed by atoms with Gasteiger partial charge in [-0.25, -0.2) is 9.97 Å². The molecule has 0 N–H and O–H groups in total. The van der Waals surface area contributed by atoms with Crippen LogP contribution in [0.4, 0.5) is 5.82 Å². The first-order chi connectivity index (χ1) is 12.3. The minimum atomic E-state index is 0.578. The van der Waals surface area contributed by atoms with Gasteiger partial charge in [0.05, 0.1) is 0 Å². The van der Waals surface area contributed by atoms with Crippen molar-refractivity contribution in [3.05, 3.63) is 54.0 Å². The Hall–Kier alpha value is -1.94.